The first-order chi connectivity index (χ1) is 17.6. The number of nitrogens with one attached hydrogen (secondary N) is 1. The van der Waals surface area contributed by atoms with E-state index in [9.17, 15) is 14.4 Å². The molecule has 5 rings (SSSR count). The van der Waals surface area contributed by atoms with Crippen LogP contribution >= 0.6 is 0 Å². The van der Waals surface area contributed by atoms with Crippen LogP contribution in [0.25, 0.3) is 0 Å². The molecule has 9 heteroatoms. The van der Waals surface area contributed by atoms with Gasteiger partial charge in [-0.1, -0.05) is 60.7 Å². The van der Waals surface area contributed by atoms with E-state index >= 15 is 0 Å². The largest absolute Gasteiger partial charge is 0.445 e. The van der Waals surface area contributed by atoms with Gasteiger partial charge in [-0.05, 0) is 36.8 Å². The molecule has 0 saturated carbocycles. The summed E-state index contributed by atoms with van der Waals surface area (Å²) in [6, 6.07) is 18.5. The monoisotopic (exact) mass is 492 g/mol. The lowest BCUT2D eigenvalue weighted by molar-refractivity contribution is -0.140. The first kappa shape index (κ1) is 24.1. The average molecular weight is 493 g/mol. The number of likely N-dealkylation sites (tertiary alicyclic amines) is 1. The fourth-order valence-electron chi connectivity index (χ4n) is 5.10. The SMILES string of the molecule is O=C(NC1CCN(C(=O)OCc2ccccc2)CC1)[C@@H]1CC[C@@H]2CN1C(=O)N2OCc1ccccc1. The van der Waals surface area contributed by atoms with E-state index in [4.69, 9.17) is 9.57 Å². The van der Waals surface area contributed by atoms with Crippen LogP contribution in [0.1, 0.15) is 36.8 Å². The second-order valence-corrected chi connectivity index (χ2v) is 9.58. The van der Waals surface area contributed by atoms with Crippen LogP contribution in [0.3, 0.4) is 0 Å². The summed E-state index contributed by atoms with van der Waals surface area (Å²) in [5.74, 6) is -0.128. The van der Waals surface area contributed by atoms with Crippen molar-refractivity contribution in [2.45, 2.75) is 57.0 Å². The highest BCUT2D eigenvalue weighted by Gasteiger charge is 2.48. The van der Waals surface area contributed by atoms with Crippen molar-refractivity contribution in [2.24, 2.45) is 0 Å². The zero-order valence-electron chi connectivity index (χ0n) is 20.3. The minimum absolute atomic E-state index is 0.0310. The van der Waals surface area contributed by atoms with Crippen LogP contribution in [-0.2, 0) is 27.6 Å². The summed E-state index contributed by atoms with van der Waals surface area (Å²) in [7, 11) is 0. The van der Waals surface area contributed by atoms with E-state index in [2.05, 4.69) is 5.32 Å². The van der Waals surface area contributed by atoms with Crippen LogP contribution in [0.5, 0.6) is 0 Å². The van der Waals surface area contributed by atoms with Crippen molar-refractivity contribution in [3.8, 4) is 0 Å². The summed E-state index contributed by atoms with van der Waals surface area (Å²) in [4.78, 5) is 47.6. The summed E-state index contributed by atoms with van der Waals surface area (Å²) in [5.41, 5.74) is 1.94. The van der Waals surface area contributed by atoms with Gasteiger partial charge < -0.3 is 19.9 Å². The van der Waals surface area contributed by atoms with E-state index in [0.29, 0.717) is 45.5 Å². The smallest absolute Gasteiger partial charge is 0.410 e. The zero-order valence-corrected chi connectivity index (χ0v) is 20.3. The average Bonchev–Trinajstić information content (AvgIpc) is 3.16. The maximum Gasteiger partial charge on any atom is 0.410 e. The molecule has 0 aliphatic carbocycles. The van der Waals surface area contributed by atoms with E-state index in [1.54, 1.807) is 9.80 Å². The van der Waals surface area contributed by atoms with Gasteiger partial charge >= 0.3 is 12.1 Å². The van der Waals surface area contributed by atoms with Crippen LogP contribution in [0.15, 0.2) is 60.7 Å². The van der Waals surface area contributed by atoms with Gasteiger partial charge in [-0.2, -0.15) is 5.06 Å². The quantitative estimate of drug-likeness (QED) is 0.641. The number of carbonyl (C=O) groups excluding carboxylic acids is 3. The lowest BCUT2D eigenvalue weighted by Crippen LogP contribution is -2.54. The molecule has 2 bridgehead atoms. The number of fused-ring (bicyclic) bond motifs is 2. The van der Waals surface area contributed by atoms with Gasteiger partial charge in [-0.3, -0.25) is 9.63 Å². The van der Waals surface area contributed by atoms with Crippen molar-refractivity contribution in [1.29, 1.82) is 0 Å². The van der Waals surface area contributed by atoms with Crippen molar-refractivity contribution in [3.05, 3.63) is 71.8 Å². The molecular weight excluding hydrogens is 460 g/mol. The Morgan fingerprint density at radius 1 is 0.861 bits per heavy atom. The van der Waals surface area contributed by atoms with Crippen molar-refractivity contribution in [1.82, 2.24) is 20.2 Å². The van der Waals surface area contributed by atoms with Crippen LogP contribution in [-0.4, -0.2) is 70.7 Å². The maximum atomic E-state index is 13.1. The number of rotatable bonds is 7. The van der Waals surface area contributed by atoms with Gasteiger partial charge in [0, 0.05) is 25.7 Å². The molecule has 190 valence electrons. The highest BCUT2D eigenvalue weighted by Crippen LogP contribution is 2.31. The lowest BCUT2D eigenvalue weighted by atomic mass is 9.99. The van der Waals surface area contributed by atoms with E-state index in [1.165, 1.54) is 5.06 Å². The van der Waals surface area contributed by atoms with Crippen LogP contribution in [0, 0.1) is 0 Å². The van der Waals surface area contributed by atoms with Gasteiger partial charge in [0.15, 0.2) is 0 Å². The molecule has 3 aliphatic heterocycles. The van der Waals surface area contributed by atoms with E-state index in [-0.39, 0.29) is 36.7 Å². The summed E-state index contributed by atoms with van der Waals surface area (Å²) in [5, 5.41) is 4.56. The summed E-state index contributed by atoms with van der Waals surface area (Å²) >= 11 is 0. The molecule has 3 aliphatic rings. The number of nitrogens with zero attached hydrogens (tertiary/aromatic N) is 3. The minimum atomic E-state index is -0.493. The number of hydrogen-bond donors (Lipinski definition) is 1. The van der Waals surface area contributed by atoms with E-state index in [1.807, 2.05) is 60.7 Å². The van der Waals surface area contributed by atoms with Gasteiger partial charge in [0.25, 0.3) is 0 Å². The molecule has 4 amide bonds. The van der Waals surface area contributed by atoms with Crippen molar-refractivity contribution >= 4 is 18.0 Å². The zero-order chi connectivity index (χ0) is 24.9. The molecule has 3 heterocycles. The molecule has 0 unspecified atom stereocenters. The predicted molar refractivity (Wildman–Crippen MR) is 131 cm³/mol. The third-order valence-corrected chi connectivity index (χ3v) is 7.14. The molecule has 36 heavy (non-hydrogen) atoms. The molecule has 2 aromatic carbocycles. The molecule has 3 fully saturated rings. The first-order valence-electron chi connectivity index (χ1n) is 12.6. The van der Waals surface area contributed by atoms with Crippen molar-refractivity contribution in [3.63, 3.8) is 0 Å². The van der Waals surface area contributed by atoms with Gasteiger partial charge in [0.05, 0.1) is 6.04 Å². The number of carbonyl (C=O) groups is 3. The molecule has 0 radical (unpaired) electrons. The molecule has 3 saturated heterocycles. The third-order valence-electron chi connectivity index (χ3n) is 7.14. The van der Waals surface area contributed by atoms with Crippen molar-refractivity contribution < 1.29 is 24.0 Å². The van der Waals surface area contributed by atoms with Gasteiger partial charge in [-0.25, -0.2) is 9.59 Å². The highest BCUT2D eigenvalue weighted by atomic mass is 16.7. The maximum absolute atomic E-state index is 13.1. The van der Waals surface area contributed by atoms with Crippen LogP contribution < -0.4 is 5.32 Å². The van der Waals surface area contributed by atoms with Gasteiger partial charge in [-0.15, -0.1) is 0 Å². The number of piperidine rings is 2. The molecule has 1 N–H and O–H groups in total. The second kappa shape index (κ2) is 11.0. The molecule has 9 nitrogen and oxygen atoms in total. The fraction of sp³-hybridized carbons (Fsp3) is 0.444. The Morgan fingerprint density at radius 3 is 2.17 bits per heavy atom. The number of urea groups is 1. The summed E-state index contributed by atoms with van der Waals surface area (Å²) < 4.78 is 5.42. The third kappa shape index (κ3) is 5.46. The minimum Gasteiger partial charge on any atom is -0.445 e. The molecule has 2 atom stereocenters. The first-order valence-corrected chi connectivity index (χ1v) is 12.6. The molecule has 2 aromatic rings. The van der Waals surface area contributed by atoms with Crippen molar-refractivity contribution in [2.75, 3.05) is 19.6 Å². The highest BCUT2D eigenvalue weighted by molar-refractivity contribution is 5.88. The van der Waals surface area contributed by atoms with Gasteiger partial charge in [0.1, 0.15) is 19.3 Å². The fourth-order valence-corrected chi connectivity index (χ4v) is 5.10. The Hall–Kier alpha value is -3.59. The Kier molecular flexibility index (Phi) is 7.36. The number of benzene rings is 2. The number of amides is 4. The Bertz CT molecular complexity index is 1060. The Labute approximate surface area is 210 Å². The number of ether oxygens (including phenoxy) is 1. The van der Waals surface area contributed by atoms with E-state index < -0.39 is 6.04 Å². The van der Waals surface area contributed by atoms with Crippen LogP contribution in [0.2, 0.25) is 0 Å². The van der Waals surface area contributed by atoms with Gasteiger partial charge in [0.2, 0.25) is 5.91 Å². The molecule has 0 spiro atoms. The lowest BCUT2D eigenvalue weighted by Gasteiger charge is -2.34. The Morgan fingerprint density at radius 2 is 1.50 bits per heavy atom. The second-order valence-electron chi connectivity index (χ2n) is 9.58. The summed E-state index contributed by atoms with van der Waals surface area (Å²) in [6.07, 6.45) is 2.31. The number of hydrogen-bond acceptors (Lipinski definition) is 5. The summed E-state index contributed by atoms with van der Waals surface area (Å²) in [6.45, 7) is 2.11. The predicted octanol–water partition coefficient (Wildman–Crippen LogP) is 3.30. The molecular formula is C27H32N4O5. The topological polar surface area (TPSA) is 91.4 Å². The molecule has 0 aromatic heterocycles. The normalized spacial score (nSPS) is 22.0. The van der Waals surface area contributed by atoms with Crippen LogP contribution in [0.4, 0.5) is 9.59 Å². The standard InChI is InChI=1S/C27H32N4O5/c32-25(28-22-13-15-29(16-14-22)27(34)35-18-20-7-3-1-4-8-20)24-12-11-23-17-30(24)26(33)31(23)36-19-21-9-5-2-6-10-21/h1-10,22-24H,11-19H2,(H,28,32)/t23-,24+/m1/s1. The Balaban J connectivity index is 1.07. The van der Waals surface area contributed by atoms with E-state index in [0.717, 1.165) is 17.5 Å². The number of hydroxylamine groups is 2.